The molecule has 20 heavy (non-hydrogen) atoms. The van der Waals surface area contributed by atoms with E-state index >= 15 is 0 Å². The molecule has 2 rings (SSSR count). The maximum absolute atomic E-state index is 6.57. The highest BCUT2D eigenvalue weighted by molar-refractivity contribution is 5.24. The molecule has 0 bridgehead atoms. The fourth-order valence-electron chi connectivity index (χ4n) is 3.05. The summed E-state index contributed by atoms with van der Waals surface area (Å²) in [7, 11) is 1.62. The average molecular weight is 278 g/mol. The van der Waals surface area contributed by atoms with Gasteiger partial charge in [0.05, 0.1) is 13.2 Å². The van der Waals surface area contributed by atoms with E-state index in [1.807, 2.05) is 0 Å². The van der Waals surface area contributed by atoms with E-state index in [1.54, 1.807) is 19.5 Å². The van der Waals surface area contributed by atoms with Crippen molar-refractivity contribution in [3.05, 3.63) is 18.1 Å². The van der Waals surface area contributed by atoms with Crippen LogP contribution in [-0.2, 0) is 0 Å². The Hall–Kier alpha value is -1.20. The van der Waals surface area contributed by atoms with Crippen LogP contribution in [0.15, 0.2) is 12.4 Å². The summed E-state index contributed by atoms with van der Waals surface area (Å²) in [6.45, 7) is 6.65. The molecule has 5 heteroatoms. The van der Waals surface area contributed by atoms with Gasteiger partial charge in [0, 0.05) is 17.9 Å². The monoisotopic (exact) mass is 278 g/mol. The summed E-state index contributed by atoms with van der Waals surface area (Å²) in [5.41, 5.74) is 7.21. The summed E-state index contributed by atoms with van der Waals surface area (Å²) in [6.07, 6.45) is 8.12. The molecule has 0 radical (unpaired) electrons. The first kappa shape index (κ1) is 15.2. The predicted octanol–water partition coefficient (Wildman–Crippen LogP) is 2.14. The first-order chi connectivity index (χ1) is 9.63. The van der Waals surface area contributed by atoms with E-state index in [1.165, 1.54) is 19.3 Å². The molecule has 1 aromatic heterocycles. The van der Waals surface area contributed by atoms with E-state index in [4.69, 9.17) is 10.5 Å². The number of rotatable bonds is 5. The number of nitrogens with two attached hydrogens (primary N) is 1. The molecule has 112 valence electrons. The molecular weight excluding hydrogens is 252 g/mol. The third kappa shape index (κ3) is 2.79. The summed E-state index contributed by atoms with van der Waals surface area (Å²) in [5, 5.41) is 0. The zero-order valence-electron chi connectivity index (χ0n) is 12.8. The summed E-state index contributed by atoms with van der Waals surface area (Å²) in [5.74, 6) is 0.539. The van der Waals surface area contributed by atoms with E-state index in [0.29, 0.717) is 5.88 Å². The van der Waals surface area contributed by atoms with Crippen molar-refractivity contribution in [1.29, 1.82) is 0 Å². The van der Waals surface area contributed by atoms with Gasteiger partial charge in [-0.25, -0.2) is 4.98 Å². The second-order valence-corrected chi connectivity index (χ2v) is 5.69. The lowest BCUT2D eigenvalue weighted by atomic mass is 9.84. The molecule has 1 aliphatic heterocycles. The normalized spacial score (nSPS) is 21.2. The van der Waals surface area contributed by atoms with Crippen LogP contribution in [0.25, 0.3) is 0 Å². The molecule has 0 saturated carbocycles. The van der Waals surface area contributed by atoms with Crippen molar-refractivity contribution in [2.45, 2.75) is 51.1 Å². The van der Waals surface area contributed by atoms with Crippen LogP contribution in [-0.4, -0.2) is 40.6 Å². The minimum absolute atomic E-state index is 0.107. The number of ether oxygens (including phenoxy) is 1. The molecule has 2 unspecified atom stereocenters. The van der Waals surface area contributed by atoms with E-state index in [-0.39, 0.29) is 11.6 Å². The van der Waals surface area contributed by atoms with Crippen LogP contribution in [0.5, 0.6) is 5.88 Å². The number of piperidine rings is 1. The van der Waals surface area contributed by atoms with E-state index in [0.717, 1.165) is 25.2 Å². The van der Waals surface area contributed by atoms with Crippen LogP contribution in [0.1, 0.15) is 51.3 Å². The van der Waals surface area contributed by atoms with Crippen molar-refractivity contribution >= 4 is 0 Å². The Morgan fingerprint density at radius 1 is 1.30 bits per heavy atom. The molecule has 2 N–H and O–H groups in total. The number of aromatic nitrogens is 2. The number of likely N-dealkylation sites (tertiary alicyclic amines) is 1. The molecule has 1 saturated heterocycles. The molecule has 1 aliphatic rings. The fourth-order valence-corrected chi connectivity index (χ4v) is 3.05. The Morgan fingerprint density at radius 3 is 2.55 bits per heavy atom. The van der Waals surface area contributed by atoms with Gasteiger partial charge in [-0.1, -0.05) is 13.3 Å². The number of hydrogen-bond acceptors (Lipinski definition) is 5. The lowest BCUT2D eigenvalue weighted by Crippen LogP contribution is -2.55. The number of hydrogen-bond donors (Lipinski definition) is 1. The summed E-state index contributed by atoms with van der Waals surface area (Å²) >= 11 is 0. The molecule has 1 fully saturated rings. The van der Waals surface area contributed by atoms with Crippen LogP contribution in [0.4, 0.5) is 0 Å². The Balaban J connectivity index is 2.29. The average Bonchev–Trinajstić information content (AvgIpc) is 2.54. The van der Waals surface area contributed by atoms with Gasteiger partial charge in [0.1, 0.15) is 5.69 Å². The standard InChI is InChI=1S/C15H26N4O/c1-4-15(2,19-10-6-5-7-11-19)13(16)12-14(20-3)18-9-8-17-12/h8-9,13H,4-7,10-11,16H2,1-3H3. The largest absolute Gasteiger partial charge is 0.480 e. The van der Waals surface area contributed by atoms with Crippen LogP contribution in [0.2, 0.25) is 0 Å². The van der Waals surface area contributed by atoms with Gasteiger partial charge in [-0.3, -0.25) is 9.88 Å². The molecule has 0 spiro atoms. The van der Waals surface area contributed by atoms with Gasteiger partial charge in [-0.15, -0.1) is 0 Å². The van der Waals surface area contributed by atoms with Crippen LogP contribution in [0, 0.1) is 0 Å². The van der Waals surface area contributed by atoms with Gasteiger partial charge in [0.2, 0.25) is 5.88 Å². The maximum atomic E-state index is 6.57. The van der Waals surface area contributed by atoms with Crippen LogP contribution in [0.3, 0.4) is 0 Å². The summed E-state index contributed by atoms with van der Waals surface area (Å²) in [4.78, 5) is 11.2. The van der Waals surface area contributed by atoms with Crippen LogP contribution >= 0.6 is 0 Å². The minimum atomic E-state index is -0.200. The Morgan fingerprint density at radius 2 is 1.95 bits per heavy atom. The Bertz CT molecular complexity index is 434. The maximum Gasteiger partial charge on any atom is 0.237 e. The Kier molecular flexibility index (Phi) is 4.94. The van der Waals surface area contributed by atoms with E-state index < -0.39 is 0 Å². The van der Waals surface area contributed by atoms with Crippen molar-refractivity contribution in [1.82, 2.24) is 14.9 Å². The predicted molar refractivity (Wildman–Crippen MR) is 79.6 cm³/mol. The van der Waals surface area contributed by atoms with Gasteiger partial charge in [0.25, 0.3) is 0 Å². The van der Waals surface area contributed by atoms with E-state index in [9.17, 15) is 0 Å². The highest BCUT2D eigenvalue weighted by atomic mass is 16.5. The topological polar surface area (TPSA) is 64.3 Å². The lowest BCUT2D eigenvalue weighted by Gasteiger charge is -2.46. The zero-order valence-corrected chi connectivity index (χ0v) is 12.8. The molecule has 5 nitrogen and oxygen atoms in total. The quantitative estimate of drug-likeness (QED) is 0.894. The lowest BCUT2D eigenvalue weighted by molar-refractivity contribution is 0.0522. The number of methoxy groups -OCH3 is 1. The molecule has 2 heterocycles. The highest BCUT2D eigenvalue weighted by Crippen LogP contribution is 2.36. The summed E-state index contributed by atoms with van der Waals surface area (Å²) in [6, 6.07) is -0.200. The van der Waals surface area contributed by atoms with Crippen molar-refractivity contribution in [3.8, 4) is 5.88 Å². The van der Waals surface area contributed by atoms with Gasteiger partial charge in [0.15, 0.2) is 0 Å². The third-order valence-corrected chi connectivity index (χ3v) is 4.64. The summed E-state index contributed by atoms with van der Waals surface area (Å²) < 4.78 is 5.32. The second kappa shape index (κ2) is 6.50. The number of nitrogens with zero attached hydrogens (tertiary/aromatic N) is 3. The SMILES string of the molecule is CCC(C)(C(N)c1nccnc1OC)N1CCCCC1. The van der Waals surface area contributed by atoms with Gasteiger partial charge in [-0.05, 0) is 39.3 Å². The molecule has 1 aromatic rings. The third-order valence-electron chi connectivity index (χ3n) is 4.64. The molecule has 0 aromatic carbocycles. The first-order valence-electron chi connectivity index (χ1n) is 7.49. The van der Waals surface area contributed by atoms with E-state index in [2.05, 4.69) is 28.7 Å². The van der Waals surface area contributed by atoms with Crippen molar-refractivity contribution in [2.24, 2.45) is 5.73 Å². The zero-order chi connectivity index (χ0) is 14.6. The second-order valence-electron chi connectivity index (χ2n) is 5.69. The molecule has 2 atom stereocenters. The Labute approximate surface area is 121 Å². The van der Waals surface area contributed by atoms with Gasteiger partial charge in [-0.2, -0.15) is 0 Å². The van der Waals surface area contributed by atoms with Crippen molar-refractivity contribution in [3.63, 3.8) is 0 Å². The van der Waals surface area contributed by atoms with Gasteiger partial charge < -0.3 is 10.5 Å². The smallest absolute Gasteiger partial charge is 0.237 e. The minimum Gasteiger partial charge on any atom is -0.480 e. The fraction of sp³-hybridized carbons (Fsp3) is 0.733. The van der Waals surface area contributed by atoms with Crippen molar-refractivity contribution < 1.29 is 4.74 Å². The molecule has 0 amide bonds. The molecule has 0 aliphatic carbocycles. The van der Waals surface area contributed by atoms with Crippen molar-refractivity contribution in [2.75, 3.05) is 20.2 Å². The first-order valence-corrected chi connectivity index (χ1v) is 7.49. The van der Waals surface area contributed by atoms with Gasteiger partial charge >= 0.3 is 0 Å². The molecular formula is C15H26N4O. The highest BCUT2D eigenvalue weighted by Gasteiger charge is 2.39. The van der Waals surface area contributed by atoms with Crippen LogP contribution < -0.4 is 10.5 Å².